The van der Waals surface area contributed by atoms with Crippen molar-refractivity contribution in [3.63, 3.8) is 0 Å². The van der Waals surface area contributed by atoms with Gasteiger partial charge in [0.2, 0.25) is 0 Å². The van der Waals surface area contributed by atoms with E-state index in [9.17, 15) is 5.11 Å². The Kier molecular flexibility index (Phi) is 1.95. The number of benzene rings is 1. The van der Waals surface area contributed by atoms with Crippen LogP contribution in [0.2, 0.25) is 10.0 Å². The molecule has 0 spiro atoms. The van der Waals surface area contributed by atoms with Gasteiger partial charge < -0.3 is 10.2 Å². The van der Waals surface area contributed by atoms with E-state index in [4.69, 9.17) is 28.3 Å². The minimum atomic E-state index is -0.859. The van der Waals surface area contributed by atoms with Gasteiger partial charge in [0.15, 0.2) is 0 Å². The zero-order chi connectivity index (χ0) is 9.64. The number of phenolic OH excluding ortho intramolecular Hbond substituents is 1. The molecule has 0 amide bonds. The Hall–Kier alpha value is -0.440. The fourth-order valence-corrected chi connectivity index (χ4v) is 2.20. The summed E-state index contributed by atoms with van der Waals surface area (Å²) in [4.78, 5) is 0. The average molecular weight is 219 g/mol. The topological polar surface area (TPSA) is 40.5 Å². The molecular formula is C9H8Cl2O2. The van der Waals surface area contributed by atoms with Gasteiger partial charge in [-0.25, -0.2) is 0 Å². The molecule has 0 aliphatic heterocycles. The van der Waals surface area contributed by atoms with Crippen LogP contribution in [0.5, 0.6) is 5.75 Å². The molecule has 0 radical (unpaired) electrons. The SMILES string of the molecule is Oc1cc(Cl)c(C2(O)CC2)c(Cl)c1. The van der Waals surface area contributed by atoms with Crippen LogP contribution in [0.15, 0.2) is 12.1 Å². The van der Waals surface area contributed by atoms with Crippen LogP contribution in [0, 0.1) is 0 Å². The van der Waals surface area contributed by atoms with Crippen LogP contribution in [0.1, 0.15) is 18.4 Å². The van der Waals surface area contributed by atoms with Gasteiger partial charge in [-0.15, -0.1) is 0 Å². The minimum absolute atomic E-state index is 0.0167. The van der Waals surface area contributed by atoms with E-state index in [1.54, 1.807) is 0 Å². The van der Waals surface area contributed by atoms with E-state index in [-0.39, 0.29) is 5.75 Å². The number of aliphatic hydroxyl groups is 1. The van der Waals surface area contributed by atoms with Crippen LogP contribution in [-0.4, -0.2) is 10.2 Å². The lowest BCUT2D eigenvalue weighted by Gasteiger charge is -2.12. The molecule has 4 heteroatoms. The Labute approximate surface area is 85.7 Å². The molecule has 0 aromatic heterocycles. The molecule has 2 nitrogen and oxygen atoms in total. The average Bonchev–Trinajstić information content (AvgIpc) is 2.65. The number of hydrogen-bond donors (Lipinski definition) is 2. The Morgan fingerprint density at radius 2 is 1.62 bits per heavy atom. The standard InChI is InChI=1S/C9H8Cl2O2/c10-6-3-5(12)4-7(11)8(6)9(13)1-2-9/h3-4,12-13H,1-2H2. The summed E-state index contributed by atoms with van der Waals surface area (Å²) in [7, 11) is 0. The fourth-order valence-electron chi connectivity index (χ4n) is 1.37. The minimum Gasteiger partial charge on any atom is -0.508 e. The van der Waals surface area contributed by atoms with Gasteiger partial charge in [0, 0.05) is 5.56 Å². The monoisotopic (exact) mass is 218 g/mol. The summed E-state index contributed by atoms with van der Waals surface area (Å²) in [6.07, 6.45) is 1.36. The summed E-state index contributed by atoms with van der Waals surface area (Å²) >= 11 is 11.7. The van der Waals surface area contributed by atoms with Gasteiger partial charge in [-0.2, -0.15) is 0 Å². The first-order valence-corrected chi connectivity index (χ1v) is 4.69. The smallest absolute Gasteiger partial charge is 0.118 e. The van der Waals surface area contributed by atoms with Gasteiger partial charge in [0.05, 0.1) is 15.6 Å². The van der Waals surface area contributed by atoms with E-state index < -0.39 is 5.60 Å². The molecule has 1 aromatic carbocycles. The lowest BCUT2D eigenvalue weighted by molar-refractivity contribution is 0.151. The molecule has 0 atom stereocenters. The Bertz CT molecular complexity index is 336. The first kappa shape index (κ1) is 9.13. The summed E-state index contributed by atoms with van der Waals surface area (Å²) < 4.78 is 0. The molecule has 1 aliphatic carbocycles. The summed E-state index contributed by atoms with van der Waals surface area (Å²) in [6.45, 7) is 0. The quantitative estimate of drug-likeness (QED) is 0.762. The lowest BCUT2D eigenvalue weighted by Crippen LogP contribution is -2.05. The molecule has 0 heterocycles. The third kappa shape index (κ3) is 1.50. The Morgan fingerprint density at radius 1 is 1.15 bits per heavy atom. The van der Waals surface area contributed by atoms with E-state index in [0.29, 0.717) is 28.5 Å². The van der Waals surface area contributed by atoms with Gasteiger partial charge in [0.25, 0.3) is 0 Å². The van der Waals surface area contributed by atoms with Crippen LogP contribution in [-0.2, 0) is 5.60 Å². The first-order chi connectivity index (χ1) is 6.03. The number of aromatic hydroxyl groups is 1. The second-order valence-corrected chi connectivity index (χ2v) is 4.13. The third-order valence-corrected chi connectivity index (χ3v) is 2.81. The molecule has 0 bridgehead atoms. The molecule has 70 valence electrons. The van der Waals surface area contributed by atoms with Crippen molar-refractivity contribution in [2.75, 3.05) is 0 Å². The Morgan fingerprint density at radius 3 is 2.00 bits per heavy atom. The van der Waals surface area contributed by atoms with Crippen LogP contribution in [0.3, 0.4) is 0 Å². The maximum atomic E-state index is 9.80. The predicted octanol–water partition coefficient (Wildman–Crippen LogP) is 2.68. The zero-order valence-corrected chi connectivity index (χ0v) is 8.23. The summed E-state index contributed by atoms with van der Waals surface area (Å²) in [6, 6.07) is 2.78. The molecule has 1 fully saturated rings. The van der Waals surface area contributed by atoms with Crippen molar-refractivity contribution in [1.29, 1.82) is 0 Å². The highest BCUT2D eigenvalue weighted by molar-refractivity contribution is 6.36. The van der Waals surface area contributed by atoms with Crippen molar-refractivity contribution in [2.24, 2.45) is 0 Å². The van der Waals surface area contributed by atoms with Crippen molar-refractivity contribution in [2.45, 2.75) is 18.4 Å². The van der Waals surface area contributed by atoms with Crippen molar-refractivity contribution in [3.8, 4) is 5.75 Å². The highest BCUT2D eigenvalue weighted by atomic mass is 35.5. The van der Waals surface area contributed by atoms with E-state index in [2.05, 4.69) is 0 Å². The molecule has 1 saturated carbocycles. The molecule has 1 aromatic rings. The van der Waals surface area contributed by atoms with Crippen molar-refractivity contribution < 1.29 is 10.2 Å². The van der Waals surface area contributed by atoms with E-state index in [1.165, 1.54) is 12.1 Å². The van der Waals surface area contributed by atoms with Crippen molar-refractivity contribution in [1.82, 2.24) is 0 Å². The number of phenols is 1. The summed E-state index contributed by atoms with van der Waals surface area (Å²) in [5, 5.41) is 19.6. The van der Waals surface area contributed by atoms with Gasteiger partial charge in [0.1, 0.15) is 5.75 Å². The van der Waals surface area contributed by atoms with E-state index >= 15 is 0 Å². The second kappa shape index (κ2) is 2.77. The van der Waals surface area contributed by atoms with Gasteiger partial charge in [-0.3, -0.25) is 0 Å². The molecule has 1 aliphatic rings. The molecule has 13 heavy (non-hydrogen) atoms. The van der Waals surface area contributed by atoms with Gasteiger partial charge in [-0.1, -0.05) is 23.2 Å². The Balaban J connectivity index is 2.57. The fraction of sp³-hybridized carbons (Fsp3) is 0.333. The molecule has 0 saturated heterocycles. The molecular weight excluding hydrogens is 211 g/mol. The van der Waals surface area contributed by atoms with E-state index in [0.717, 1.165) is 0 Å². The maximum absolute atomic E-state index is 9.80. The number of halogens is 2. The second-order valence-electron chi connectivity index (χ2n) is 3.32. The van der Waals surface area contributed by atoms with Gasteiger partial charge in [-0.05, 0) is 25.0 Å². The van der Waals surface area contributed by atoms with E-state index in [1.807, 2.05) is 0 Å². The van der Waals surface area contributed by atoms with Crippen molar-refractivity contribution in [3.05, 3.63) is 27.7 Å². The van der Waals surface area contributed by atoms with Gasteiger partial charge >= 0.3 is 0 Å². The highest BCUT2D eigenvalue weighted by Crippen LogP contribution is 2.51. The largest absolute Gasteiger partial charge is 0.508 e. The summed E-state index contributed by atoms with van der Waals surface area (Å²) in [5.41, 5.74) is -0.323. The van der Waals surface area contributed by atoms with Crippen LogP contribution in [0.4, 0.5) is 0 Å². The van der Waals surface area contributed by atoms with Crippen LogP contribution in [0.25, 0.3) is 0 Å². The van der Waals surface area contributed by atoms with Crippen molar-refractivity contribution >= 4 is 23.2 Å². The normalized spacial score (nSPS) is 18.7. The predicted molar refractivity (Wildman–Crippen MR) is 51.3 cm³/mol. The third-order valence-electron chi connectivity index (χ3n) is 2.22. The van der Waals surface area contributed by atoms with Crippen LogP contribution < -0.4 is 0 Å². The lowest BCUT2D eigenvalue weighted by atomic mass is 10.1. The number of hydrogen-bond acceptors (Lipinski definition) is 2. The molecule has 2 rings (SSSR count). The maximum Gasteiger partial charge on any atom is 0.118 e. The zero-order valence-electron chi connectivity index (χ0n) is 6.72. The first-order valence-electron chi connectivity index (χ1n) is 3.94. The molecule has 2 N–H and O–H groups in total. The highest BCUT2D eigenvalue weighted by Gasteiger charge is 2.45. The molecule has 0 unspecified atom stereocenters. The van der Waals surface area contributed by atoms with Crippen LogP contribution >= 0.6 is 23.2 Å². The number of rotatable bonds is 1. The summed E-state index contributed by atoms with van der Waals surface area (Å²) in [5.74, 6) is 0.0167.